The standard InChI is InChI=1S/C28H33N3O5/c1-3-12-30(20-27(32)33)19-22-5-4-6-25(18-22)35-15-11-26-21(2)36-28(29-26)23-7-9-24(10-8-23)31-13-16-34-17-14-31/h3-10,18H,1,11-17,19-20H2,2H3,(H,32,33). The van der Waals surface area contributed by atoms with E-state index in [0.29, 0.717) is 32.0 Å². The Kier molecular flexibility index (Phi) is 8.76. The molecule has 0 saturated carbocycles. The summed E-state index contributed by atoms with van der Waals surface area (Å²) in [4.78, 5) is 19.9. The number of carboxylic acid groups (broad SMARTS) is 1. The average Bonchev–Trinajstić information content (AvgIpc) is 3.25. The first-order valence-corrected chi connectivity index (χ1v) is 12.2. The molecule has 0 bridgehead atoms. The number of carbonyl (C=O) groups is 1. The number of oxazole rings is 1. The molecule has 1 saturated heterocycles. The van der Waals surface area contributed by atoms with Crippen LogP contribution in [0.3, 0.4) is 0 Å². The van der Waals surface area contributed by atoms with Gasteiger partial charge >= 0.3 is 5.97 Å². The number of carboxylic acids is 1. The number of nitrogens with zero attached hydrogens (tertiary/aromatic N) is 3. The highest BCUT2D eigenvalue weighted by atomic mass is 16.5. The Labute approximate surface area is 211 Å². The molecule has 4 rings (SSSR count). The third kappa shape index (κ3) is 6.96. The number of hydrogen-bond donors (Lipinski definition) is 1. The number of aryl methyl sites for hydroxylation is 1. The normalized spacial score (nSPS) is 13.7. The fourth-order valence-corrected chi connectivity index (χ4v) is 4.24. The van der Waals surface area contributed by atoms with Crippen LogP contribution in [0, 0.1) is 6.92 Å². The summed E-state index contributed by atoms with van der Waals surface area (Å²) < 4.78 is 17.3. The fourth-order valence-electron chi connectivity index (χ4n) is 4.24. The number of benzene rings is 2. The molecule has 190 valence electrons. The minimum absolute atomic E-state index is 0.0409. The maximum absolute atomic E-state index is 11.1. The van der Waals surface area contributed by atoms with Crippen molar-refractivity contribution in [2.45, 2.75) is 19.9 Å². The molecule has 0 spiro atoms. The molecule has 0 amide bonds. The van der Waals surface area contributed by atoms with E-state index in [4.69, 9.17) is 24.0 Å². The molecule has 36 heavy (non-hydrogen) atoms. The quantitative estimate of drug-likeness (QED) is 0.378. The smallest absolute Gasteiger partial charge is 0.317 e. The molecule has 1 fully saturated rings. The van der Waals surface area contributed by atoms with Gasteiger partial charge in [-0.15, -0.1) is 6.58 Å². The van der Waals surface area contributed by atoms with Gasteiger partial charge in [-0.3, -0.25) is 9.69 Å². The summed E-state index contributed by atoms with van der Waals surface area (Å²) in [6.45, 7) is 10.4. The zero-order valence-corrected chi connectivity index (χ0v) is 20.7. The van der Waals surface area contributed by atoms with E-state index in [1.54, 1.807) is 6.08 Å². The van der Waals surface area contributed by atoms with Gasteiger partial charge < -0.3 is 23.9 Å². The minimum Gasteiger partial charge on any atom is -0.493 e. The van der Waals surface area contributed by atoms with Gasteiger partial charge in [-0.05, 0) is 48.9 Å². The van der Waals surface area contributed by atoms with E-state index < -0.39 is 5.97 Å². The Morgan fingerprint density at radius 2 is 2.00 bits per heavy atom. The van der Waals surface area contributed by atoms with E-state index in [9.17, 15) is 4.79 Å². The molecule has 8 heteroatoms. The van der Waals surface area contributed by atoms with E-state index >= 15 is 0 Å². The lowest BCUT2D eigenvalue weighted by atomic mass is 10.2. The first kappa shape index (κ1) is 25.5. The van der Waals surface area contributed by atoms with Crippen molar-refractivity contribution in [1.82, 2.24) is 9.88 Å². The van der Waals surface area contributed by atoms with Crippen molar-refractivity contribution < 1.29 is 23.8 Å². The molecule has 2 heterocycles. The third-order valence-electron chi connectivity index (χ3n) is 6.04. The summed E-state index contributed by atoms with van der Waals surface area (Å²) >= 11 is 0. The highest BCUT2D eigenvalue weighted by Gasteiger charge is 2.15. The van der Waals surface area contributed by atoms with Gasteiger partial charge in [0, 0.05) is 43.9 Å². The van der Waals surface area contributed by atoms with Crippen LogP contribution in [0.1, 0.15) is 17.0 Å². The molecule has 0 atom stereocenters. The lowest BCUT2D eigenvalue weighted by molar-refractivity contribution is -0.138. The van der Waals surface area contributed by atoms with Gasteiger partial charge in [0.1, 0.15) is 11.5 Å². The van der Waals surface area contributed by atoms with Gasteiger partial charge in [0.05, 0.1) is 32.1 Å². The number of ether oxygens (including phenoxy) is 2. The summed E-state index contributed by atoms with van der Waals surface area (Å²) in [6, 6.07) is 16.0. The topological polar surface area (TPSA) is 88.3 Å². The molecule has 0 radical (unpaired) electrons. The predicted octanol–water partition coefficient (Wildman–Crippen LogP) is 4.18. The number of hydrogen-bond acceptors (Lipinski definition) is 7. The molecule has 1 aliphatic heterocycles. The predicted molar refractivity (Wildman–Crippen MR) is 138 cm³/mol. The van der Waals surface area contributed by atoms with Crippen molar-refractivity contribution >= 4 is 11.7 Å². The molecule has 1 N–H and O–H groups in total. The maximum Gasteiger partial charge on any atom is 0.317 e. The zero-order valence-electron chi connectivity index (χ0n) is 20.7. The van der Waals surface area contributed by atoms with Crippen molar-refractivity contribution in [3.8, 4) is 17.2 Å². The van der Waals surface area contributed by atoms with Gasteiger partial charge in [0.15, 0.2) is 0 Å². The Hall–Kier alpha value is -3.62. The van der Waals surface area contributed by atoms with Crippen molar-refractivity contribution in [1.29, 1.82) is 0 Å². The van der Waals surface area contributed by atoms with Crippen molar-refractivity contribution in [3.63, 3.8) is 0 Å². The van der Waals surface area contributed by atoms with Crippen LogP contribution in [0.5, 0.6) is 5.75 Å². The summed E-state index contributed by atoms with van der Waals surface area (Å²) in [5.74, 6) is 1.27. The molecule has 1 aliphatic rings. The largest absolute Gasteiger partial charge is 0.493 e. The molecule has 1 aromatic heterocycles. The fraction of sp³-hybridized carbons (Fsp3) is 0.357. The second-order valence-electron chi connectivity index (χ2n) is 8.77. The molecule has 0 unspecified atom stereocenters. The summed E-state index contributed by atoms with van der Waals surface area (Å²) in [5.41, 5.74) is 3.98. The van der Waals surface area contributed by atoms with Crippen LogP contribution in [-0.2, 0) is 22.5 Å². The van der Waals surface area contributed by atoms with Crippen molar-refractivity contribution in [2.75, 3.05) is 50.9 Å². The van der Waals surface area contributed by atoms with Gasteiger partial charge in [0.2, 0.25) is 5.89 Å². The van der Waals surface area contributed by atoms with E-state index in [2.05, 4.69) is 23.6 Å². The minimum atomic E-state index is -0.861. The van der Waals surface area contributed by atoms with Gasteiger partial charge in [0.25, 0.3) is 0 Å². The lowest BCUT2D eigenvalue weighted by Gasteiger charge is -2.28. The lowest BCUT2D eigenvalue weighted by Crippen LogP contribution is -2.36. The Bertz CT molecular complexity index is 1150. The Morgan fingerprint density at radius 1 is 1.22 bits per heavy atom. The molecular formula is C28H33N3O5. The van der Waals surface area contributed by atoms with Crippen LogP contribution >= 0.6 is 0 Å². The third-order valence-corrected chi connectivity index (χ3v) is 6.04. The van der Waals surface area contributed by atoms with Crippen LogP contribution in [-0.4, -0.2) is 67.0 Å². The number of aliphatic carboxylic acids is 1. The van der Waals surface area contributed by atoms with Crippen LogP contribution in [0.4, 0.5) is 5.69 Å². The average molecular weight is 492 g/mol. The Morgan fingerprint density at radius 3 is 2.72 bits per heavy atom. The first-order valence-electron chi connectivity index (χ1n) is 12.2. The van der Waals surface area contributed by atoms with E-state index in [0.717, 1.165) is 54.6 Å². The molecule has 8 nitrogen and oxygen atoms in total. The summed E-state index contributed by atoms with van der Waals surface area (Å²) in [5, 5.41) is 9.11. The Balaban J connectivity index is 1.33. The highest BCUT2D eigenvalue weighted by molar-refractivity contribution is 5.69. The first-order chi connectivity index (χ1) is 17.5. The second kappa shape index (κ2) is 12.4. The van der Waals surface area contributed by atoms with Gasteiger partial charge in [-0.2, -0.15) is 0 Å². The molecular weight excluding hydrogens is 458 g/mol. The van der Waals surface area contributed by atoms with Crippen LogP contribution in [0.25, 0.3) is 11.5 Å². The highest BCUT2D eigenvalue weighted by Crippen LogP contribution is 2.25. The molecule has 3 aromatic rings. The van der Waals surface area contributed by atoms with Gasteiger partial charge in [-0.1, -0.05) is 18.2 Å². The van der Waals surface area contributed by atoms with E-state index in [-0.39, 0.29) is 6.54 Å². The van der Waals surface area contributed by atoms with Gasteiger partial charge in [-0.25, -0.2) is 4.98 Å². The second-order valence-corrected chi connectivity index (χ2v) is 8.77. The maximum atomic E-state index is 11.1. The number of rotatable bonds is 12. The summed E-state index contributed by atoms with van der Waals surface area (Å²) in [7, 11) is 0. The SMILES string of the molecule is C=CCN(CC(=O)O)Cc1cccc(OCCc2nc(-c3ccc(N4CCOCC4)cc3)oc2C)c1. The zero-order chi connectivity index (χ0) is 25.3. The van der Waals surface area contributed by atoms with Crippen LogP contribution < -0.4 is 9.64 Å². The monoisotopic (exact) mass is 491 g/mol. The van der Waals surface area contributed by atoms with Crippen molar-refractivity contribution in [3.05, 3.63) is 78.2 Å². The number of morpholine rings is 1. The number of aromatic nitrogens is 1. The van der Waals surface area contributed by atoms with E-state index in [1.807, 2.05) is 48.2 Å². The number of anilines is 1. The molecule has 2 aromatic carbocycles. The van der Waals surface area contributed by atoms with Crippen molar-refractivity contribution in [2.24, 2.45) is 0 Å². The summed E-state index contributed by atoms with van der Waals surface area (Å²) in [6.07, 6.45) is 2.32. The van der Waals surface area contributed by atoms with E-state index in [1.165, 1.54) is 5.69 Å². The van der Waals surface area contributed by atoms with Crippen LogP contribution in [0.2, 0.25) is 0 Å². The molecule has 0 aliphatic carbocycles. The van der Waals surface area contributed by atoms with Crippen LogP contribution in [0.15, 0.2) is 65.6 Å².